The Kier molecular flexibility index (Phi) is 6.40. The summed E-state index contributed by atoms with van der Waals surface area (Å²) in [6.45, 7) is 8.65. The van der Waals surface area contributed by atoms with Crippen LogP contribution in [0.1, 0.15) is 44.5 Å². The van der Waals surface area contributed by atoms with Gasteiger partial charge in [-0.1, -0.05) is 43.3 Å². The van der Waals surface area contributed by atoms with Crippen LogP contribution in [-0.4, -0.2) is 30.4 Å². The maximum absolute atomic E-state index is 11.2. The first kappa shape index (κ1) is 19.2. The second-order valence-corrected chi connectivity index (χ2v) is 6.53. The predicted octanol–water partition coefficient (Wildman–Crippen LogP) is 3.99. The lowest BCUT2D eigenvalue weighted by atomic mass is 9.76. The van der Waals surface area contributed by atoms with Crippen molar-refractivity contribution in [2.45, 2.75) is 39.7 Å². The first-order chi connectivity index (χ1) is 11.9. The van der Waals surface area contributed by atoms with E-state index in [0.717, 1.165) is 23.0 Å². The van der Waals surface area contributed by atoms with E-state index in [0.29, 0.717) is 6.61 Å². The second-order valence-electron chi connectivity index (χ2n) is 6.53. The van der Waals surface area contributed by atoms with Gasteiger partial charge in [-0.15, -0.1) is 0 Å². The van der Waals surface area contributed by atoms with Crippen molar-refractivity contribution < 1.29 is 19.2 Å². The summed E-state index contributed by atoms with van der Waals surface area (Å²) >= 11 is 0. The Balaban J connectivity index is 2.35. The minimum atomic E-state index is -0.932. The fourth-order valence-corrected chi connectivity index (χ4v) is 2.42. The Labute approximate surface area is 149 Å². The van der Waals surface area contributed by atoms with Gasteiger partial charge in [0, 0.05) is 12.2 Å². The van der Waals surface area contributed by atoms with Crippen molar-refractivity contribution in [3.8, 4) is 11.1 Å². The molecule has 0 aromatic heterocycles. The van der Waals surface area contributed by atoms with Crippen LogP contribution in [0.25, 0.3) is 11.1 Å². The molecule has 0 radical (unpaired) electrons. The topological polar surface area (TPSA) is 55.8 Å². The molecular formula is C20H25BO4. The molecule has 0 amide bonds. The van der Waals surface area contributed by atoms with Crippen LogP contribution in [0.5, 0.6) is 0 Å². The number of aromatic carboxylic acids is 1. The molecule has 2 rings (SSSR count). The number of hydrogen-bond donors (Lipinski definition) is 1. The molecule has 0 aliphatic carbocycles. The summed E-state index contributed by atoms with van der Waals surface area (Å²) in [5, 5.41) is 9.18. The van der Waals surface area contributed by atoms with Crippen molar-refractivity contribution in [1.82, 2.24) is 0 Å². The predicted molar refractivity (Wildman–Crippen MR) is 101 cm³/mol. The van der Waals surface area contributed by atoms with E-state index in [-0.39, 0.29) is 11.2 Å². The van der Waals surface area contributed by atoms with Gasteiger partial charge in [-0.2, -0.15) is 0 Å². The largest absolute Gasteiger partial charge is 0.494 e. The number of benzene rings is 2. The summed E-state index contributed by atoms with van der Waals surface area (Å²) in [6, 6.07) is 14.8. The Hall–Kier alpha value is -2.11. The van der Waals surface area contributed by atoms with Gasteiger partial charge in [-0.25, -0.2) is 4.79 Å². The van der Waals surface area contributed by atoms with Gasteiger partial charge >= 0.3 is 13.1 Å². The highest BCUT2D eigenvalue weighted by atomic mass is 16.6. The molecule has 132 valence electrons. The highest BCUT2D eigenvalue weighted by Crippen LogP contribution is 2.21. The van der Waals surface area contributed by atoms with E-state index in [2.05, 4.69) is 6.92 Å². The summed E-state index contributed by atoms with van der Waals surface area (Å²) in [5.41, 5.74) is 2.68. The molecule has 0 saturated carbocycles. The molecule has 5 heteroatoms. The van der Waals surface area contributed by atoms with E-state index in [1.807, 2.05) is 51.1 Å². The van der Waals surface area contributed by atoms with Gasteiger partial charge in [0.05, 0.1) is 5.56 Å². The molecule has 0 fully saturated rings. The lowest BCUT2D eigenvalue weighted by Crippen LogP contribution is -2.43. The third-order valence-corrected chi connectivity index (χ3v) is 4.20. The summed E-state index contributed by atoms with van der Waals surface area (Å²) in [4.78, 5) is 11.2. The highest BCUT2D eigenvalue weighted by Gasteiger charge is 2.29. The van der Waals surface area contributed by atoms with Crippen LogP contribution in [0.15, 0.2) is 48.5 Å². The second kappa shape index (κ2) is 8.32. The Morgan fingerprint density at radius 2 is 1.72 bits per heavy atom. The molecule has 4 nitrogen and oxygen atoms in total. The molecule has 2 aromatic rings. The summed E-state index contributed by atoms with van der Waals surface area (Å²) in [7, 11) is -0.456. The van der Waals surface area contributed by atoms with Crippen LogP contribution in [-0.2, 0) is 9.31 Å². The van der Waals surface area contributed by atoms with Crippen molar-refractivity contribution in [3.63, 3.8) is 0 Å². The monoisotopic (exact) mass is 340 g/mol. The molecule has 25 heavy (non-hydrogen) atoms. The quantitative estimate of drug-likeness (QED) is 0.739. The maximum atomic E-state index is 11.2. The number of carboxylic acids is 1. The maximum Gasteiger partial charge on any atom is 0.494 e. The van der Waals surface area contributed by atoms with E-state index in [9.17, 15) is 9.90 Å². The molecule has 0 saturated heterocycles. The first-order valence-corrected chi connectivity index (χ1v) is 8.59. The van der Waals surface area contributed by atoms with Gasteiger partial charge in [0.15, 0.2) is 0 Å². The zero-order chi connectivity index (χ0) is 18.4. The Morgan fingerprint density at radius 3 is 2.32 bits per heavy atom. The molecule has 0 aliphatic rings. The molecule has 0 spiro atoms. The third kappa shape index (κ3) is 5.18. The van der Waals surface area contributed by atoms with Gasteiger partial charge in [-0.05, 0) is 55.9 Å². The fraction of sp³-hybridized carbons (Fsp3) is 0.350. The van der Waals surface area contributed by atoms with Crippen LogP contribution < -0.4 is 5.46 Å². The van der Waals surface area contributed by atoms with Crippen LogP contribution in [0, 0.1) is 0 Å². The number of carbonyl (C=O) groups is 1. The SMILES string of the molecule is CCOB(OC(C)(C)CC)c1cccc(-c2cccc(C(=O)O)c2)c1. The first-order valence-electron chi connectivity index (χ1n) is 8.59. The number of rotatable bonds is 8. The molecule has 1 N–H and O–H groups in total. The minimum Gasteiger partial charge on any atom is -0.478 e. The van der Waals surface area contributed by atoms with Gasteiger partial charge < -0.3 is 14.4 Å². The zero-order valence-electron chi connectivity index (χ0n) is 15.3. The highest BCUT2D eigenvalue weighted by molar-refractivity contribution is 6.61. The van der Waals surface area contributed by atoms with E-state index >= 15 is 0 Å². The molecule has 0 atom stereocenters. The molecular weight excluding hydrogens is 315 g/mol. The summed E-state index contributed by atoms with van der Waals surface area (Å²) in [6.07, 6.45) is 0.872. The van der Waals surface area contributed by atoms with Gasteiger partial charge in [0.1, 0.15) is 0 Å². The van der Waals surface area contributed by atoms with Crippen molar-refractivity contribution >= 4 is 18.6 Å². The average molecular weight is 340 g/mol. The van der Waals surface area contributed by atoms with Crippen LogP contribution >= 0.6 is 0 Å². The van der Waals surface area contributed by atoms with Gasteiger partial charge in [0.25, 0.3) is 0 Å². The minimum absolute atomic E-state index is 0.271. The molecule has 0 unspecified atom stereocenters. The average Bonchev–Trinajstić information content (AvgIpc) is 2.61. The smallest absolute Gasteiger partial charge is 0.478 e. The van der Waals surface area contributed by atoms with Gasteiger partial charge in [0.2, 0.25) is 0 Å². The number of carboxylic acid groups (broad SMARTS) is 1. The van der Waals surface area contributed by atoms with Crippen molar-refractivity contribution in [2.24, 2.45) is 0 Å². The van der Waals surface area contributed by atoms with Crippen LogP contribution in [0.2, 0.25) is 0 Å². The van der Waals surface area contributed by atoms with E-state index < -0.39 is 13.1 Å². The molecule has 0 heterocycles. The lowest BCUT2D eigenvalue weighted by molar-refractivity contribution is 0.0692. The summed E-state index contributed by atoms with van der Waals surface area (Å²) < 4.78 is 12.0. The van der Waals surface area contributed by atoms with E-state index in [4.69, 9.17) is 9.31 Å². The van der Waals surface area contributed by atoms with E-state index in [1.54, 1.807) is 18.2 Å². The van der Waals surface area contributed by atoms with E-state index in [1.165, 1.54) is 0 Å². The molecule has 0 bridgehead atoms. The Bertz CT molecular complexity index is 727. The fourth-order valence-electron chi connectivity index (χ4n) is 2.42. The number of hydrogen-bond acceptors (Lipinski definition) is 3. The lowest BCUT2D eigenvalue weighted by Gasteiger charge is -2.28. The van der Waals surface area contributed by atoms with Crippen molar-refractivity contribution in [1.29, 1.82) is 0 Å². The van der Waals surface area contributed by atoms with Crippen molar-refractivity contribution in [3.05, 3.63) is 54.1 Å². The van der Waals surface area contributed by atoms with Crippen molar-refractivity contribution in [2.75, 3.05) is 6.61 Å². The molecule has 2 aromatic carbocycles. The Morgan fingerprint density at radius 1 is 1.08 bits per heavy atom. The van der Waals surface area contributed by atoms with Crippen LogP contribution in [0.4, 0.5) is 0 Å². The molecule has 0 aliphatic heterocycles. The standard InChI is InChI=1S/C20H25BO4/c1-5-20(3,4)25-21(24-6-2)18-12-8-10-16(14-18)15-9-7-11-17(13-15)19(22)23/h7-14H,5-6H2,1-4H3,(H,22,23). The van der Waals surface area contributed by atoms with Gasteiger partial charge in [-0.3, -0.25) is 0 Å². The van der Waals surface area contributed by atoms with Crippen LogP contribution in [0.3, 0.4) is 0 Å². The normalized spacial score (nSPS) is 11.4. The summed E-state index contributed by atoms with van der Waals surface area (Å²) in [5.74, 6) is -0.932. The zero-order valence-corrected chi connectivity index (χ0v) is 15.3. The third-order valence-electron chi connectivity index (χ3n) is 4.20.